The maximum Gasteiger partial charge on any atom is 0.341 e. The van der Waals surface area contributed by atoms with Crippen molar-refractivity contribution in [2.75, 3.05) is 33.0 Å². The van der Waals surface area contributed by atoms with E-state index in [1.54, 1.807) is 6.07 Å². The summed E-state index contributed by atoms with van der Waals surface area (Å²) in [4.78, 5) is 19.2. The molecule has 0 heterocycles. The van der Waals surface area contributed by atoms with E-state index >= 15 is 0 Å². The van der Waals surface area contributed by atoms with Crippen LogP contribution in [0.4, 0.5) is 0 Å². The molecule has 0 fully saturated rings. The summed E-state index contributed by atoms with van der Waals surface area (Å²) >= 11 is 0. The molecule has 0 saturated heterocycles. The SMILES string of the molecule is CCc1ccccc1OCC(=O)O.OCCONOCCO. The van der Waals surface area contributed by atoms with Crippen LogP contribution < -0.4 is 10.4 Å². The highest BCUT2D eigenvalue weighted by Crippen LogP contribution is 2.17. The van der Waals surface area contributed by atoms with Crippen molar-refractivity contribution in [1.29, 1.82) is 0 Å². The molecule has 0 aliphatic carbocycles. The fourth-order valence-electron chi connectivity index (χ4n) is 1.29. The largest absolute Gasteiger partial charge is 0.482 e. The quantitative estimate of drug-likeness (QED) is 0.355. The fraction of sp³-hybridized carbons (Fsp3) is 0.500. The zero-order chi connectivity index (χ0) is 16.6. The number of rotatable bonds is 10. The van der Waals surface area contributed by atoms with Gasteiger partial charge in [0.2, 0.25) is 0 Å². The minimum atomic E-state index is -0.953. The average molecular weight is 317 g/mol. The molecule has 0 radical (unpaired) electrons. The number of para-hydroxylation sites is 1. The van der Waals surface area contributed by atoms with Crippen LogP contribution in [0, 0.1) is 0 Å². The van der Waals surface area contributed by atoms with Crippen molar-refractivity contribution in [3.05, 3.63) is 29.8 Å². The highest BCUT2D eigenvalue weighted by molar-refractivity contribution is 5.68. The lowest BCUT2D eigenvalue weighted by Crippen LogP contribution is -2.19. The molecule has 8 heteroatoms. The lowest BCUT2D eigenvalue weighted by Gasteiger charge is -2.07. The van der Waals surface area contributed by atoms with Gasteiger partial charge in [0.05, 0.1) is 26.4 Å². The number of carbonyl (C=O) groups is 1. The summed E-state index contributed by atoms with van der Waals surface area (Å²) in [6.07, 6.45) is 0.843. The van der Waals surface area contributed by atoms with Crippen LogP contribution in [0.2, 0.25) is 0 Å². The first-order valence-corrected chi connectivity index (χ1v) is 6.78. The molecule has 22 heavy (non-hydrogen) atoms. The van der Waals surface area contributed by atoms with Crippen LogP contribution in [0.5, 0.6) is 5.75 Å². The number of aliphatic hydroxyl groups excluding tert-OH is 2. The first-order valence-electron chi connectivity index (χ1n) is 6.78. The van der Waals surface area contributed by atoms with Gasteiger partial charge in [-0.25, -0.2) is 4.79 Å². The molecule has 0 aliphatic rings. The predicted molar refractivity (Wildman–Crippen MR) is 78.2 cm³/mol. The van der Waals surface area contributed by atoms with Gasteiger partial charge in [0.15, 0.2) is 6.61 Å². The minimum Gasteiger partial charge on any atom is -0.482 e. The summed E-state index contributed by atoms with van der Waals surface area (Å²) in [7, 11) is 0. The maximum absolute atomic E-state index is 10.2. The second-order valence-corrected chi connectivity index (χ2v) is 3.87. The van der Waals surface area contributed by atoms with Gasteiger partial charge >= 0.3 is 5.97 Å². The number of carboxylic acids is 1. The molecule has 4 N–H and O–H groups in total. The molecule has 0 unspecified atom stereocenters. The number of benzene rings is 1. The van der Waals surface area contributed by atoms with Crippen molar-refractivity contribution >= 4 is 5.97 Å². The van der Waals surface area contributed by atoms with Gasteiger partial charge in [0.25, 0.3) is 0 Å². The van der Waals surface area contributed by atoms with E-state index < -0.39 is 5.97 Å². The number of aryl methyl sites for hydroxylation is 1. The smallest absolute Gasteiger partial charge is 0.341 e. The third-order valence-electron chi connectivity index (χ3n) is 2.21. The lowest BCUT2D eigenvalue weighted by atomic mass is 10.1. The highest BCUT2D eigenvalue weighted by Gasteiger charge is 2.02. The zero-order valence-corrected chi connectivity index (χ0v) is 12.5. The van der Waals surface area contributed by atoms with Crippen molar-refractivity contribution < 1.29 is 34.5 Å². The van der Waals surface area contributed by atoms with Gasteiger partial charge < -0.3 is 20.1 Å². The normalized spacial score (nSPS) is 9.77. The van der Waals surface area contributed by atoms with Crippen LogP contribution in [0.1, 0.15) is 12.5 Å². The molecule has 0 aliphatic heterocycles. The Hall–Kier alpha value is -1.71. The van der Waals surface area contributed by atoms with Crippen LogP contribution in [0.25, 0.3) is 0 Å². The summed E-state index contributed by atoms with van der Waals surface area (Å²) < 4.78 is 5.09. The molecule has 1 rings (SSSR count). The Morgan fingerprint density at radius 1 is 1.14 bits per heavy atom. The van der Waals surface area contributed by atoms with Crippen LogP contribution in [-0.2, 0) is 20.9 Å². The molecule has 0 spiro atoms. The maximum atomic E-state index is 10.2. The van der Waals surface area contributed by atoms with Crippen LogP contribution in [0.3, 0.4) is 0 Å². The summed E-state index contributed by atoms with van der Waals surface area (Å²) in [5.41, 5.74) is 3.10. The molecule has 8 nitrogen and oxygen atoms in total. The summed E-state index contributed by atoms with van der Waals surface area (Å²) in [6.45, 7) is 1.95. The first-order chi connectivity index (χ1) is 10.7. The number of hydrogen-bond acceptors (Lipinski definition) is 7. The van der Waals surface area contributed by atoms with Gasteiger partial charge in [-0.1, -0.05) is 30.8 Å². The van der Waals surface area contributed by atoms with Crippen LogP contribution in [0.15, 0.2) is 24.3 Å². The number of nitrogens with one attached hydrogen (secondary N) is 1. The van der Waals surface area contributed by atoms with E-state index in [9.17, 15) is 4.79 Å². The Morgan fingerprint density at radius 3 is 2.23 bits per heavy atom. The molecule has 0 atom stereocenters. The first kappa shape index (κ1) is 20.3. The molecule has 0 bridgehead atoms. The average Bonchev–Trinajstić information content (AvgIpc) is 2.53. The Labute approximate surface area is 129 Å². The summed E-state index contributed by atoms with van der Waals surface area (Å²) in [5.74, 6) is -0.293. The molecular weight excluding hydrogens is 294 g/mol. The second-order valence-electron chi connectivity index (χ2n) is 3.87. The lowest BCUT2D eigenvalue weighted by molar-refractivity contribution is -0.178. The molecule has 0 saturated carbocycles. The van der Waals surface area contributed by atoms with E-state index in [1.807, 2.05) is 25.1 Å². The van der Waals surface area contributed by atoms with Gasteiger partial charge in [-0.05, 0) is 18.1 Å². The molecule has 0 aromatic heterocycles. The Morgan fingerprint density at radius 2 is 1.73 bits per heavy atom. The monoisotopic (exact) mass is 317 g/mol. The van der Waals surface area contributed by atoms with E-state index in [0.717, 1.165) is 12.0 Å². The van der Waals surface area contributed by atoms with Crippen molar-refractivity contribution in [2.24, 2.45) is 0 Å². The fourth-order valence-corrected chi connectivity index (χ4v) is 1.29. The van der Waals surface area contributed by atoms with Gasteiger partial charge in [-0.2, -0.15) is 0 Å². The molecule has 126 valence electrons. The van der Waals surface area contributed by atoms with Gasteiger partial charge in [0, 0.05) is 0 Å². The number of aliphatic carboxylic acids is 1. The standard InChI is InChI=1S/C10H12O3.C4H11NO4/c1-2-8-5-3-4-6-9(8)13-7-10(11)12;6-1-3-8-5-9-4-2-7/h3-6H,2,7H2,1H3,(H,11,12);5-7H,1-4H2. The van der Waals surface area contributed by atoms with E-state index in [0.29, 0.717) is 5.75 Å². The molecule has 0 amide bonds. The summed E-state index contributed by atoms with van der Waals surface area (Å²) in [6, 6.07) is 7.45. The Balaban J connectivity index is 0.000000433. The third-order valence-corrected chi connectivity index (χ3v) is 2.21. The highest BCUT2D eigenvalue weighted by atomic mass is 16.9. The van der Waals surface area contributed by atoms with Crippen molar-refractivity contribution in [3.8, 4) is 5.75 Å². The topological polar surface area (TPSA) is 117 Å². The van der Waals surface area contributed by atoms with E-state index in [4.69, 9.17) is 20.1 Å². The van der Waals surface area contributed by atoms with Crippen molar-refractivity contribution in [1.82, 2.24) is 5.64 Å². The van der Waals surface area contributed by atoms with Gasteiger partial charge in [-0.3, -0.25) is 9.68 Å². The third kappa shape index (κ3) is 11.0. The van der Waals surface area contributed by atoms with E-state index in [1.165, 1.54) is 0 Å². The number of ether oxygens (including phenoxy) is 1. The second kappa shape index (κ2) is 14.2. The van der Waals surface area contributed by atoms with Crippen molar-refractivity contribution in [3.63, 3.8) is 0 Å². The molecule has 1 aromatic carbocycles. The number of aliphatic hydroxyl groups is 2. The Bertz CT molecular complexity index is 395. The molecular formula is C14H23NO7. The van der Waals surface area contributed by atoms with Crippen molar-refractivity contribution in [2.45, 2.75) is 13.3 Å². The number of hydrogen-bond donors (Lipinski definition) is 4. The zero-order valence-electron chi connectivity index (χ0n) is 12.5. The van der Waals surface area contributed by atoms with Crippen LogP contribution in [-0.4, -0.2) is 54.3 Å². The van der Waals surface area contributed by atoms with Gasteiger partial charge in [-0.15, -0.1) is 0 Å². The minimum absolute atomic E-state index is 0.0600. The van der Waals surface area contributed by atoms with E-state index in [-0.39, 0.29) is 33.0 Å². The van der Waals surface area contributed by atoms with Gasteiger partial charge in [0.1, 0.15) is 5.75 Å². The molecule has 1 aromatic rings. The summed E-state index contributed by atoms with van der Waals surface area (Å²) in [5, 5.41) is 24.7. The van der Waals surface area contributed by atoms with E-state index in [2.05, 4.69) is 15.3 Å². The Kier molecular flexibility index (Phi) is 13.1. The number of carboxylic acid groups (broad SMARTS) is 1. The predicted octanol–water partition coefficient (Wildman–Crippen LogP) is 0.136. The van der Waals surface area contributed by atoms with Crippen LogP contribution >= 0.6 is 0 Å².